The van der Waals surface area contributed by atoms with Crippen LogP contribution < -0.4 is 0 Å². The summed E-state index contributed by atoms with van der Waals surface area (Å²) >= 11 is 0. The summed E-state index contributed by atoms with van der Waals surface area (Å²) in [5.41, 5.74) is -1.36. The molecule has 0 radical (unpaired) electrons. The minimum Gasteiger partial charge on any atom is -0.444 e. The highest BCUT2D eigenvalue weighted by Crippen LogP contribution is 2.50. The third-order valence-electron chi connectivity index (χ3n) is 5.24. The zero-order valence-electron chi connectivity index (χ0n) is 14.3. The fourth-order valence-corrected chi connectivity index (χ4v) is 4.78. The molecule has 5 nitrogen and oxygen atoms in total. The van der Waals surface area contributed by atoms with Gasteiger partial charge in [-0.2, -0.15) is 30.4 Å². The van der Waals surface area contributed by atoms with Gasteiger partial charge in [-0.1, -0.05) is 19.3 Å². The van der Waals surface area contributed by atoms with Crippen molar-refractivity contribution in [2.45, 2.75) is 63.0 Å². The van der Waals surface area contributed by atoms with Crippen molar-refractivity contribution in [1.82, 2.24) is 0 Å². The van der Waals surface area contributed by atoms with Gasteiger partial charge in [0, 0.05) is 0 Å². The summed E-state index contributed by atoms with van der Waals surface area (Å²) in [5, 5.41) is -5.46. The van der Waals surface area contributed by atoms with Crippen LogP contribution in [0.15, 0.2) is 0 Å². The lowest BCUT2D eigenvalue weighted by molar-refractivity contribution is -0.264. The molecule has 2 aliphatic carbocycles. The maximum absolute atomic E-state index is 13.9. The molecule has 26 heavy (non-hydrogen) atoms. The van der Waals surface area contributed by atoms with Crippen molar-refractivity contribution in [3.05, 3.63) is 0 Å². The van der Waals surface area contributed by atoms with Gasteiger partial charge in [-0.05, 0) is 38.0 Å². The van der Waals surface area contributed by atoms with E-state index in [1.807, 2.05) is 0 Å². The Bertz CT molecular complexity index is 633. The lowest BCUT2D eigenvalue weighted by Crippen LogP contribution is -2.54. The molecule has 2 bridgehead atoms. The van der Waals surface area contributed by atoms with E-state index in [-0.39, 0.29) is 24.7 Å². The summed E-state index contributed by atoms with van der Waals surface area (Å²) in [6, 6.07) is 0. The average Bonchev–Trinajstić information content (AvgIpc) is 2.50. The number of alkyl halides is 5. The van der Waals surface area contributed by atoms with Gasteiger partial charge in [0.25, 0.3) is 6.10 Å². The van der Waals surface area contributed by atoms with Crippen LogP contribution in [0.2, 0.25) is 0 Å². The molecule has 0 amide bonds. The number of ether oxygens (including phenoxy) is 1. The van der Waals surface area contributed by atoms with E-state index in [1.54, 1.807) is 0 Å². The van der Waals surface area contributed by atoms with Crippen molar-refractivity contribution < 1.29 is 44.1 Å². The van der Waals surface area contributed by atoms with Gasteiger partial charge in [-0.25, -0.2) is 0 Å². The van der Waals surface area contributed by atoms with Crippen molar-refractivity contribution in [2.75, 3.05) is 7.11 Å². The van der Waals surface area contributed by atoms with Crippen LogP contribution in [0.5, 0.6) is 0 Å². The van der Waals surface area contributed by atoms with Gasteiger partial charge in [-0.3, -0.25) is 8.98 Å². The first-order chi connectivity index (χ1) is 11.7. The first kappa shape index (κ1) is 21.3. The summed E-state index contributed by atoms with van der Waals surface area (Å²) in [6.07, 6.45) is -6.02. The van der Waals surface area contributed by atoms with Crippen LogP contribution in [0.4, 0.5) is 22.0 Å². The van der Waals surface area contributed by atoms with Crippen LogP contribution >= 0.6 is 0 Å². The molecule has 0 aromatic rings. The second-order valence-electron chi connectivity index (χ2n) is 7.38. The quantitative estimate of drug-likeness (QED) is 0.395. The lowest BCUT2D eigenvalue weighted by Gasteiger charge is -2.44. The molecule has 3 unspecified atom stereocenters. The second-order valence-corrected chi connectivity index (χ2v) is 9.16. The number of carbonyl (C=O) groups excluding carboxylic acids is 1. The highest BCUT2D eigenvalue weighted by Gasteiger charge is 2.67. The Morgan fingerprint density at radius 3 is 2.04 bits per heavy atom. The van der Waals surface area contributed by atoms with Gasteiger partial charge in [0.1, 0.15) is 0 Å². The highest BCUT2D eigenvalue weighted by molar-refractivity contribution is 7.87. The number of hydrogen-bond donors (Lipinski definition) is 0. The molecule has 2 fully saturated rings. The Balaban J connectivity index is 2.27. The zero-order valence-corrected chi connectivity index (χ0v) is 15.1. The molecule has 152 valence electrons. The van der Waals surface area contributed by atoms with E-state index in [9.17, 15) is 35.2 Å². The normalized spacial score (nSPS) is 31.3. The van der Waals surface area contributed by atoms with Crippen LogP contribution in [-0.4, -0.2) is 39.0 Å². The molecule has 11 heteroatoms. The van der Waals surface area contributed by atoms with Crippen molar-refractivity contribution in [2.24, 2.45) is 17.3 Å². The van der Waals surface area contributed by atoms with Gasteiger partial charge in [0.05, 0.1) is 12.5 Å². The fraction of sp³-hybridized carbons (Fsp3) is 0.933. The summed E-state index contributed by atoms with van der Waals surface area (Å²) in [5.74, 6) is -1.22. The summed E-state index contributed by atoms with van der Waals surface area (Å²) in [6.45, 7) is 1.39. The number of esters is 1. The smallest absolute Gasteiger partial charge is 0.432 e. The number of hydrogen-bond acceptors (Lipinski definition) is 5. The average molecular weight is 408 g/mol. The second kappa shape index (κ2) is 6.88. The monoisotopic (exact) mass is 408 g/mol. The molecular weight excluding hydrogens is 387 g/mol. The number of fused-ring (bicyclic) bond motifs is 2. The van der Waals surface area contributed by atoms with Crippen LogP contribution in [0, 0.1) is 17.3 Å². The first-order valence-corrected chi connectivity index (χ1v) is 9.59. The van der Waals surface area contributed by atoms with Crippen molar-refractivity contribution in [1.29, 1.82) is 0 Å². The molecule has 2 aliphatic rings. The van der Waals surface area contributed by atoms with Crippen LogP contribution in [-0.2, 0) is 23.8 Å². The molecule has 3 atom stereocenters. The Morgan fingerprint density at radius 1 is 1.12 bits per heavy atom. The van der Waals surface area contributed by atoms with Gasteiger partial charge < -0.3 is 4.74 Å². The largest absolute Gasteiger partial charge is 0.444 e. The zero-order chi connectivity index (χ0) is 20.0. The Labute approximate surface area is 148 Å². The van der Waals surface area contributed by atoms with Crippen molar-refractivity contribution >= 4 is 16.1 Å². The van der Waals surface area contributed by atoms with E-state index in [0.29, 0.717) is 7.11 Å². The molecule has 2 saturated carbocycles. The van der Waals surface area contributed by atoms with Gasteiger partial charge in [0.2, 0.25) is 0 Å². The van der Waals surface area contributed by atoms with Gasteiger partial charge >= 0.3 is 27.5 Å². The van der Waals surface area contributed by atoms with Crippen molar-refractivity contribution in [3.63, 3.8) is 0 Å². The summed E-state index contributed by atoms with van der Waals surface area (Å²) in [4.78, 5) is 12.4. The number of carbonyl (C=O) groups is 1. The Morgan fingerprint density at radius 2 is 1.62 bits per heavy atom. The maximum Gasteiger partial charge on any atom is 0.432 e. The maximum atomic E-state index is 13.9. The topological polar surface area (TPSA) is 69.7 Å². The lowest BCUT2D eigenvalue weighted by atomic mass is 9.61. The minimum absolute atomic E-state index is 0.118. The third kappa shape index (κ3) is 3.97. The van der Waals surface area contributed by atoms with E-state index >= 15 is 0 Å². The predicted molar refractivity (Wildman–Crippen MR) is 79.6 cm³/mol. The third-order valence-corrected chi connectivity index (χ3v) is 6.56. The van der Waals surface area contributed by atoms with E-state index in [0.717, 1.165) is 25.7 Å². The molecule has 0 aromatic heterocycles. The first-order valence-electron chi connectivity index (χ1n) is 8.19. The Kier molecular flexibility index (Phi) is 5.65. The minimum atomic E-state index is -5.92. The van der Waals surface area contributed by atoms with Crippen LogP contribution in [0.1, 0.15) is 45.4 Å². The SMILES string of the molecule is COS(=O)(=O)C(F)(F)C(OC(=O)C1(C)CC2CCCC(C2)C1)C(F)(F)F. The summed E-state index contributed by atoms with van der Waals surface area (Å²) < 4.78 is 97.2. The fourth-order valence-electron chi connectivity index (χ4n) is 4.11. The molecule has 0 spiro atoms. The van der Waals surface area contributed by atoms with Gasteiger partial charge in [-0.15, -0.1) is 0 Å². The van der Waals surface area contributed by atoms with Crippen LogP contribution in [0.25, 0.3) is 0 Å². The van der Waals surface area contributed by atoms with Crippen molar-refractivity contribution in [3.8, 4) is 0 Å². The molecule has 2 rings (SSSR count). The molecule has 0 N–H and O–H groups in total. The predicted octanol–water partition coefficient (Wildman–Crippen LogP) is 3.64. The van der Waals surface area contributed by atoms with E-state index in [2.05, 4.69) is 8.92 Å². The van der Waals surface area contributed by atoms with Crippen LogP contribution in [0.3, 0.4) is 0 Å². The summed E-state index contributed by atoms with van der Waals surface area (Å²) in [7, 11) is -5.61. The molecule has 0 aromatic carbocycles. The Hall–Kier alpha value is -0.970. The molecule has 0 saturated heterocycles. The van der Waals surface area contributed by atoms with Gasteiger partial charge in [0.15, 0.2) is 0 Å². The van der Waals surface area contributed by atoms with E-state index < -0.39 is 39.0 Å². The number of halogens is 5. The van der Waals surface area contributed by atoms with E-state index in [4.69, 9.17) is 0 Å². The molecular formula is C15H21F5O5S. The molecule has 0 heterocycles. The standard InChI is InChI=1S/C15H21F5O5S/c1-13(7-9-4-3-5-10(6-9)8-13)12(21)25-11(14(16,17)18)15(19,20)26(22,23)24-2/h9-11H,3-8H2,1-2H3. The number of rotatable bonds is 5. The van der Waals surface area contributed by atoms with E-state index in [1.165, 1.54) is 6.92 Å². The molecule has 0 aliphatic heterocycles. The highest BCUT2D eigenvalue weighted by atomic mass is 32.2.